The highest BCUT2D eigenvalue weighted by Crippen LogP contribution is 2.59. The third-order valence-electron chi connectivity index (χ3n) is 5.96. The van der Waals surface area contributed by atoms with Gasteiger partial charge in [0, 0.05) is 0 Å². The monoisotopic (exact) mass is 324 g/mol. The van der Waals surface area contributed by atoms with Gasteiger partial charge in [-0.3, -0.25) is 9.59 Å². The van der Waals surface area contributed by atoms with Crippen LogP contribution in [0.4, 0.5) is 0 Å². The Kier molecular flexibility index (Phi) is 4.95. The number of hydrogen-bond donors (Lipinski definition) is 0. The first kappa shape index (κ1) is 16.7. The van der Waals surface area contributed by atoms with E-state index in [9.17, 15) is 9.59 Å². The van der Waals surface area contributed by atoms with Crippen molar-refractivity contribution in [3.05, 3.63) is 0 Å². The SMILES string of the molecule is CCOC(=O)C1(C(=O)OCC)C[C@@H]2CO[C@@H]3CCCCC[C@H]1[C@H]23. The first-order valence-electron chi connectivity index (χ1n) is 9.11. The molecule has 0 spiro atoms. The molecule has 3 fully saturated rings. The number of hydrogen-bond acceptors (Lipinski definition) is 5. The fourth-order valence-corrected chi connectivity index (χ4v) is 5.12. The summed E-state index contributed by atoms with van der Waals surface area (Å²) in [6, 6.07) is 0. The molecule has 1 saturated heterocycles. The summed E-state index contributed by atoms with van der Waals surface area (Å²) in [5.74, 6) is -0.186. The van der Waals surface area contributed by atoms with Crippen LogP contribution in [0.25, 0.3) is 0 Å². The second-order valence-electron chi connectivity index (χ2n) is 7.07. The zero-order valence-electron chi connectivity index (χ0n) is 14.2. The fraction of sp³-hybridized carbons (Fsp3) is 0.889. The molecule has 1 heterocycles. The molecule has 5 heteroatoms. The van der Waals surface area contributed by atoms with Gasteiger partial charge in [-0.05, 0) is 50.9 Å². The van der Waals surface area contributed by atoms with Gasteiger partial charge in [-0.25, -0.2) is 0 Å². The Labute approximate surface area is 138 Å². The van der Waals surface area contributed by atoms with E-state index in [1.54, 1.807) is 13.8 Å². The molecule has 0 N–H and O–H groups in total. The molecule has 1 aliphatic heterocycles. The van der Waals surface area contributed by atoms with E-state index >= 15 is 0 Å². The topological polar surface area (TPSA) is 61.8 Å². The maximum absolute atomic E-state index is 12.8. The van der Waals surface area contributed by atoms with Gasteiger partial charge in [-0.2, -0.15) is 0 Å². The lowest BCUT2D eigenvalue weighted by molar-refractivity contribution is -0.177. The molecular weight excluding hydrogens is 296 g/mol. The van der Waals surface area contributed by atoms with Crippen molar-refractivity contribution in [1.29, 1.82) is 0 Å². The molecule has 0 aromatic carbocycles. The van der Waals surface area contributed by atoms with Crippen LogP contribution in [0.1, 0.15) is 52.4 Å². The van der Waals surface area contributed by atoms with E-state index in [0.717, 1.165) is 25.7 Å². The standard InChI is InChI=1S/C18H28O5/c1-3-21-16(19)18(17(20)22-4-2)10-12-11-23-14-9-7-5-6-8-13(18)15(12)14/h12-15H,3-11H2,1-2H3/t12-,13+,14-,15+/m1/s1. The average molecular weight is 324 g/mol. The van der Waals surface area contributed by atoms with Crippen molar-refractivity contribution in [3.63, 3.8) is 0 Å². The highest BCUT2D eigenvalue weighted by atomic mass is 16.6. The molecule has 23 heavy (non-hydrogen) atoms. The zero-order chi connectivity index (χ0) is 16.4. The predicted octanol–water partition coefficient (Wildman–Crippen LogP) is 2.71. The first-order chi connectivity index (χ1) is 11.1. The molecule has 3 aliphatic rings. The van der Waals surface area contributed by atoms with Crippen LogP contribution in [0, 0.1) is 23.2 Å². The molecule has 0 aromatic heterocycles. The van der Waals surface area contributed by atoms with E-state index in [1.807, 2.05) is 0 Å². The smallest absolute Gasteiger partial charge is 0.323 e. The molecule has 0 aromatic rings. The Hall–Kier alpha value is -1.10. The summed E-state index contributed by atoms with van der Waals surface area (Å²) in [6.45, 7) is 4.82. The highest BCUT2D eigenvalue weighted by Gasteiger charge is 2.66. The second kappa shape index (κ2) is 6.80. The van der Waals surface area contributed by atoms with Gasteiger partial charge < -0.3 is 14.2 Å². The molecule has 0 radical (unpaired) electrons. The van der Waals surface area contributed by atoms with Crippen LogP contribution in [0.2, 0.25) is 0 Å². The first-order valence-corrected chi connectivity index (χ1v) is 9.11. The quantitative estimate of drug-likeness (QED) is 0.588. The Balaban J connectivity index is 1.97. The van der Waals surface area contributed by atoms with Crippen LogP contribution >= 0.6 is 0 Å². The second-order valence-corrected chi connectivity index (χ2v) is 7.07. The Morgan fingerprint density at radius 1 is 1.04 bits per heavy atom. The third-order valence-corrected chi connectivity index (χ3v) is 5.96. The van der Waals surface area contributed by atoms with Crippen LogP contribution < -0.4 is 0 Å². The molecule has 0 amide bonds. The minimum Gasteiger partial charge on any atom is -0.465 e. The molecule has 0 unspecified atom stereocenters. The lowest BCUT2D eigenvalue weighted by atomic mass is 9.70. The van der Waals surface area contributed by atoms with Gasteiger partial charge in [0.15, 0.2) is 5.41 Å². The van der Waals surface area contributed by atoms with E-state index in [4.69, 9.17) is 14.2 Å². The lowest BCUT2D eigenvalue weighted by Gasteiger charge is -2.36. The van der Waals surface area contributed by atoms with E-state index in [1.165, 1.54) is 6.42 Å². The van der Waals surface area contributed by atoms with Gasteiger partial charge in [-0.15, -0.1) is 0 Å². The minimum atomic E-state index is -1.11. The van der Waals surface area contributed by atoms with Crippen molar-refractivity contribution in [2.45, 2.75) is 58.5 Å². The van der Waals surface area contributed by atoms with E-state index in [-0.39, 0.29) is 29.9 Å². The maximum atomic E-state index is 12.8. The van der Waals surface area contributed by atoms with Gasteiger partial charge >= 0.3 is 11.9 Å². The van der Waals surface area contributed by atoms with Crippen molar-refractivity contribution >= 4 is 11.9 Å². The minimum absolute atomic E-state index is 0.00148. The van der Waals surface area contributed by atoms with Crippen LogP contribution in [0.3, 0.4) is 0 Å². The van der Waals surface area contributed by atoms with Gasteiger partial charge in [-0.1, -0.05) is 19.3 Å². The normalized spacial score (nSPS) is 35.0. The Morgan fingerprint density at radius 3 is 2.35 bits per heavy atom. The number of carbonyl (C=O) groups excluding carboxylic acids is 2. The molecule has 5 nitrogen and oxygen atoms in total. The van der Waals surface area contributed by atoms with E-state index < -0.39 is 5.41 Å². The van der Waals surface area contributed by atoms with Crippen LogP contribution in [0.5, 0.6) is 0 Å². The molecule has 3 rings (SSSR count). The molecule has 2 aliphatic carbocycles. The largest absolute Gasteiger partial charge is 0.465 e. The summed E-state index contributed by atoms with van der Waals surface area (Å²) in [5.41, 5.74) is -1.11. The number of carbonyl (C=O) groups is 2. The number of ether oxygens (including phenoxy) is 3. The lowest BCUT2D eigenvalue weighted by Crippen LogP contribution is -2.47. The number of esters is 2. The van der Waals surface area contributed by atoms with Gasteiger partial charge in [0.1, 0.15) is 0 Å². The maximum Gasteiger partial charge on any atom is 0.323 e. The predicted molar refractivity (Wildman–Crippen MR) is 83.6 cm³/mol. The molecular formula is C18H28O5. The molecule has 2 saturated carbocycles. The summed E-state index contributed by atoms with van der Waals surface area (Å²) in [6.07, 6.45) is 6.01. The highest BCUT2D eigenvalue weighted by molar-refractivity contribution is 6.01. The van der Waals surface area contributed by atoms with Crippen molar-refractivity contribution in [2.24, 2.45) is 23.2 Å². The average Bonchev–Trinajstić information content (AvgIpc) is 3.01. The molecule has 0 bridgehead atoms. The van der Waals surface area contributed by atoms with Crippen molar-refractivity contribution in [3.8, 4) is 0 Å². The zero-order valence-corrected chi connectivity index (χ0v) is 14.2. The van der Waals surface area contributed by atoms with Gasteiger partial charge in [0.2, 0.25) is 0 Å². The summed E-state index contributed by atoms with van der Waals surface area (Å²) in [5, 5.41) is 0. The van der Waals surface area contributed by atoms with Crippen molar-refractivity contribution < 1.29 is 23.8 Å². The summed E-state index contributed by atoms with van der Waals surface area (Å²) in [4.78, 5) is 25.7. The van der Waals surface area contributed by atoms with Crippen molar-refractivity contribution in [2.75, 3.05) is 19.8 Å². The third kappa shape index (κ3) is 2.67. The number of rotatable bonds is 4. The summed E-state index contributed by atoms with van der Waals surface area (Å²) >= 11 is 0. The summed E-state index contributed by atoms with van der Waals surface area (Å²) in [7, 11) is 0. The van der Waals surface area contributed by atoms with E-state index in [0.29, 0.717) is 32.2 Å². The summed E-state index contributed by atoms with van der Waals surface area (Å²) < 4.78 is 16.7. The van der Waals surface area contributed by atoms with Gasteiger partial charge in [0.25, 0.3) is 0 Å². The molecule has 4 atom stereocenters. The van der Waals surface area contributed by atoms with Gasteiger partial charge in [0.05, 0.1) is 25.9 Å². The Bertz CT molecular complexity index is 442. The van der Waals surface area contributed by atoms with Crippen LogP contribution in [-0.4, -0.2) is 37.9 Å². The Morgan fingerprint density at radius 2 is 1.70 bits per heavy atom. The van der Waals surface area contributed by atoms with Crippen LogP contribution in [-0.2, 0) is 23.8 Å². The fourth-order valence-electron chi connectivity index (χ4n) is 5.12. The van der Waals surface area contributed by atoms with Crippen LogP contribution in [0.15, 0.2) is 0 Å². The molecule has 130 valence electrons. The van der Waals surface area contributed by atoms with Crippen molar-refractivity contribution in [1.82, 2.24) is 0 Å². The van der Waals surface area contributed by atoms with E-state index in [2.05, 4.69) is 0 Å².